The van der Waals surface area contributed by atoms with Gasteiger partial charge in [0.2, 0.25) is 0 Å². The van der Waals surface area contributed by atoms with E-state index < -0.39 is 41.9 Å². The van der Waals surface area contributed by atoms with Crippen LogP contribution in [-0.2, 0) is 10.3 Å². The van der Waals surface area contributed by atoms with Crippen LogP contribution in [0.5, 0.6) is 0 Å². The van der Waals surface area contributed by atoms with E-state index in [9.17, 15) is 32.3 Å². The molecule has 1 aromatic carbocycles. The van der Waals surface area contributed by atoms with E-state index in [0.29, 0.717) is 11.0 Å². The SMILES string of the molecule is O=C1Nc2ccc(F)cc2C(CN(C(=O)O)c2cccnc2)(C(F)(F)F)O1. The first-order valence-electron chi connectivity index (χ1n) is 7.41. The van der Waals surface area contributed by atoms with Crippen molar-refractivity contribution in [3.05, 3.63) is 54.1 Å². The zero-order valence-electron chi connectivity index (χ0n) is 13.3. The third-order valence-electron chi connectivity index (χ3n) is 3.95. The Morgan fingerprint density at radius 3 is 2.67 bits per heavy atom. The van der Waals surface area contributed by atoms with Crippen molar-refractivity contribution >= 4 is 23.6 Å². The summed E-state index contributed by atoms with van der Waals surface area (Å²) in [4.78, 5) is 27.4. The smallest absolute Gasteiger partial charge is 0.434 e. The first-order chi connectivity index (χ1) is 12.6. The second-order valence-corrected chi connectivity index (χ2v) is 5.61. The first kappa shape index (κ1) is 18.4. The van der Waals surface area contributed by atoms with Crippen LogP contribution in [0.15, 0.2) is 42.7 Å². The van der Waals surface area contributed by atoms with Crippen LogP contribution in [0, 0.1) is 5.82 Å². The van der Waals surface area contributed by atoms with E-state index in [1.165, 1.54) is 18.3 Å². The van der Waals surface area contributed by atoms with Crippen LogP contribution in [0.1, 0.15) is 5.56 Å². The van der Waals surface area contributed by atoms with E-state index in [2.05, 4.69) is 15.0 Å². The number of alkyl halides is 3. The average Bonchev–Trinajstić information content (AvgIpc) is 2.59. The van der Waals surface area contributed by atoms with Crippen molar-refractivity contribution in [2.45, 2.75) is 11.8 Å². The summed E-state index contributed by atoms with van der Waals surface area (Å²) in [7, 11) is 0. The number of cyclic esters (lactones) is 1. The Labute approximate surface area is 149 Å². The third kappa shape index (κ3) is 3.23. The maximum Gasteiger partial charge on any atom is 0.434 e. The Morgan fingerprint density at radius 2 is 2.07 bits per heavy atom. The molecule has 3 rings (SSSR count). The van der Waals surface area contributed by atoms with Crippen molar-refractivity contribution in [1.82, 2.24) is 4.98 Å². The quantitative estimate of drug-likeness (QED) is 0.786. The number of halogens is 4. The average molecular weight is 385 g/mol. The molecule has 1 unspecified atom stereocenters. The number of carboxylic acid groups (broad SMARTS) is 1. The zero-order chi connectivity index (χ0) is 19.8. The fourth-order valence-corrected chi connectivity index (χ4v) is 2.73. The van der Waals surface area contributed by atoms with Gasteiger partial charge in [-0.15, -0.1) is 0 Å². The van der Waals surface area contributed by atoms with E-state index in [4.69, 9.17) is 0 Å². The number of benzene rings is 1. The van der Waals surface area contributed by atoms with Crippen molar-refractivity contribution in [2.24, 2.45) is 0 Å². The maximum atomic E-state index is 14.1. The Kier molecular flexibility index (Phi) is 4.38. The number of rotatable bonds is 3. The standard InChI is InChI=1S/C16H11F4N3O4/c17-9-3-4-12-11(6-9)15(16(18,19)20,27-13(24)22-12)8-23(14(25)26)10-2-1-5-21-7-10/h1-7H,8H2,(H,22,24)(H,25,26). The van der Waals surface area contributed by atoms with Crippen LogP contribution in [0.2, 0.25) is 0 Å². The number of amides is 2. The number of hydrogen-bond acceptors (Lipinski definition) is 4. The molecule has 1 aliphatic rings. The van der Waals surface area contributed by atoms with Gasteiger partial charge in [0.05, 0.1) is 24.1 Å². The Bertz CT molecular complexity index is 891. The number of anilines is 2. The molecule has 1 aromatic heterocycles. The van der Waals surface area contributed by atoms with Gasteiger partial charge in [0.25, 0.3) is 5.60 Å². The summed E-state index contributed by atoms with van der Waals surface area (Å²) in [5, 5.41) is 11.5. The number of hydrogen-bond donors (Lipinski definition) is 2. The molecular formula is C16H11F4N3O4. The van der Waals surface area contributed by atoms with Crippen LogP contribution in [-0.4, -0.2) is 35.0 Å². The molecule has 0 radical (unpaired) electrons. The van der Waals surface area contributed by atoms with Crippen LogP contribution in [0.4, 0.5) is 38.5 Å². The first-order valence-corrected chi connectivity index (χ1v) is 7.41. The van der Waals surface area contributed by atoms with Crippen LogP contribution in [0.3, 0.4) is 0 Å². The molecule has 1 aliphatic heterocycles. The molecule has 0 bridgehead atoms. The van der Waals surface area contributed by atoms with E-state index in [0.717, 1.165) is 18.3 Å². The third-order valence-corrected chi connectivity index (χ3v) is 3.95. The highest BCUT2D eigenvalue weighted by atomic mass is 19.4. The summed E-state index contributed by atoms with van der Waals surface area (Å²) in [5.74, 6) is -1.01. The summed E-state index contributed by atoms with van der Waals surface area (Å²) in [6, 6.07) is 4.90. The van der Waals surface area contributed by atoms with Gasteiger partial charge < -0.3 is 9.84 Å². The number of aromatic nitrogens is 1. The Balaban J connectivity index is 2.19. The van der Waals surface area contributed by atoms with Gasteiger partial charge in [0.1, 0.15) is 5.82 Å². The van der Waals surface area contributed by atoms with Crippen molar-refractivity contribution < 1.29 is 37.0 Å². The van der Waals surface area contributed by atoms with Gasteiger partial charge in [-0.2, -0.15) is 13.2 Å². The van der Waals surface area contributed by atoms with Crippen molar-refractivity contribution in [3.8, 4) is 0 Å². The van der Waals surface area contributed by atoms with Gasteiger partial charge in [-0.25, -0.2) is 14.0 Å². The highest BCUT2D eigenvalue weighted by molar-refractivity contribution is 5.90. The van der Waals surface area contributed by atoms with Gasteiger partial charge in [-0.1, -0.05) is 0 Å². The number of carbonyl (C=O) groups excluding carboxylic acids is 1. The van der Waals surface area contributed by atoms with Crippen molar-refractivity contribution in [3.63, 3.8) is 0 Å². The van der Waals surface area contributed by atoms with E-state index in [1.54, 1.807) is 0 Å². The molecule has 2 heterocycles. The molecule has 27 heavy (non-hydrogen) atoms. The molecule has 0 saturated heterocycles. The number of pyridine rings is 1. The van der Waals surface area contributed by atoms with Gasteiger partial charge in [0, 0.05) is 11.8 Å². The Morgan fingerprint density at radius 1 is 1.33 bits per heavy atom. The van der Waals surface area contributed by atoms with Gasteiger partial charge >= 0.3 is 18.4 Å². The summed E-state index contributed by atoms with van der Waals surface area (Å²) in [6.45, 7) is -1.35. The molecule has 0 aliphatic carbocycles. The molecule has 7 nitrogen and oxygen atoms in total. The van der Waals surface area contributed by atoms with E-state index in [1.807, 2.05) is 0 Å². The lowest BCUT2D eigenvalue weighted by Gasteiger charge is -2.41. The molecule has 11 heteroatoms. The maximum absolute atomic E-state index is 14.1. The van der Waals surface area contributed by atoms with Crippen molar-refractivity contribution in [2.75, 3.05) is 16.8 Å². The fraction of sp³-hybridized carbons (Fsp3) is 0.188. The van der Waals surface area contributed by atoms with Crippen LogP contribution < -0.4 is 10.2 Å². The molecule has 142 valence electrons. The number of ether oxygens (including phenoxy) is 1. The summed E-state index contributed by atoms with van der Waals surface area (Å²) >= 11 is 0. The predicted molar refractivity (Wildman–Crippen MR) is 83.8 cm³/mol. The highest BCUT2D eigenvalue weighted by Gasteiger charge is 2.63. The Hall–Kier alpha value is -3.37. The number of nitrogens with zero attached hydrogens (tertiary/aromatic N) is 2. The summed E-state index contributed by atoms with van der Waals surface area (Å²) in [5.41, 5.74) is -4.67. The molecule has 1 atom stereocenters. The minimum Gasteiger partial charge on any atom is -0.465 e. The molecule has 2 amide bonds. The number of nitrogens with one attached hydrogen (secondary N) is 1. The van der Waals surface area contributed by atoms with E-state index >= 15 is 0 Å². The molecular weight excluding hydrogens is 374 g/mol. The van der Waals surface area contributed by atoms with Crippen molar-refractivity contribution in [1.29, 1.82) is 0 Å². The molecule has 2 N–H and O–H groups in total. The van der Waals surface area contributed by atoms with Gasteiger partial charge in [-0.3, -0.25) is 15.2 Å². The van der Waals surface area contributed by atoms with E-state index in [-0.39, 0.29) is 11.4 Å². The largest absolute Gasteiger partial charge is 0.465 e. The minimum absolute atomic E-state index is 0.179. The van der Waals surface area contributed by atoms with Gasteiger partial charge in [0.15, 0.2) is 0 Å². The second kappa shape index (κ2) is 6.41. The molecule has 0 fully saturated rings. The predicted octanol–water partition coefficient (Wildman–Crippen LogP) is 3.73. The summed E-state index contributed by atoms with van der Waals surface area (Å²) < 4.78 is 60.4. The topological polar surface area (TPSA) is 91.8 Å². The highest BCUT2D eigenvalue weighted by Crippen LogP contribution is 2.48. The van der Waals surface area contributed by atoms with Gasteiger partial charge in [-0.05, 0) is 30.3 Å². The van der Waals surface area contributed by atoms with Crippen LogP contribution >= 0.6 is 0 Å². The monoisotopic (exact) mass is 385 g/mol. The minimum atomic E-state index is -5.25. The lowest BCUT2D eigenvalue weighted by molar-refractivity contribution is -0.260. The number of carbonyl (C=O) groups is 2. The lowest BCUT2D eigenvalue weighted by Crippen LogP contribution is -2.57. The normalized spacial score (nSPS) is 18.9. The van der Waals surface area contributed by atoms with Crippen LogP contribution in [0.25, 0.3) is 0 Å². The number of fused-ring (bicyclic) bond motifs is 1. The molecule has 2 aromatic rings. The fourth-order valence-electron chi connectivity index (χ4n) is 2.73. The second-order valence-electron chi connectivity index (χ2n) is 5.61. The summed E-state index contributed by atoms with van der Waals surface area (Å²) in [6.07, 6.45) is -6.09. The zero-order valence-corrected chi connectivity index (χ0v) is 13.3. The molecule has 0 saturated carbocycles. The molecule has 0 spiro atoms. The lowest BCUT2D eigenvalue weighted by atomic mass is 9.89.